The highest BCUT2D eigenvalue weighted by Crippen LogP contribution is 2.13. The van der Waals surface area contributed by atoms with E-state index in [1.165, 1.54) is 0 Å². The highest BCUT2D eigenvalue weighted by Gasteiger charge is 2.31. The fraction of sp³-hybridized carbons (Fsp3) is 0.588. The van der Waals surface area contributed by atoms with Crippen LogP contribution in [-0.2, 0) is 20.9 Å². The van der Waals surface area contributed by atoms with Crippen LogP contribution in [0.3, 0.4) is 0 Å². The molecule has 24 heavy (non-hydrogen) atoms. The van der Waals surface area contributed by atoms with Crippen molar-refractivity contribution in [1.29, 1.82) is 0 Å². The highest BCUT2D eigenvalue weighted by molar-refractivity contribution is 5.88. The number of carbonyl (C=O) groups excluding carboxylic acids is 2. The van der Waals surface area contributed by atoms with Gasteiger partial charge in [-0.3, -0.25) is 19.5 Å². The Labute approximate surface area is 142 Å². The summed E-state index contributed by atoms with van der Waals surface area (Å²) >= 11 is 0. The largest absolute Gasteiger partial charge is 0.382 e. The summed E-state index contributed by atoms with van der Waals surface area (Å²) in [6, 6.07) is 3.41. The Morgan fingerprint density at radius 1 is 1.54 bits per heavy atom. The minimum absolute atomic E-state index is 0.0883. The van der Waals surface area contributed by atoms with Crippen molar-refractivity contribution in [3.63, 3.8) is 0 Å². The first-order valence-electron chi connectivity index (χ1n) is 8.45. The zero-order valence-corrected chi connectivity index (χ0v) is 14.2. The molecule has 7 nitrogen and oxygen atoms in total. The molecule has 1 saturated heterocycles. The molecule has 1 aromatic heterocycles. The molecule has 1 aliphatic heterocycles. The Morgan fingerprint density at radius 3 is 3.17 bits per heavy atom. The van der Waals surface area contributed by atoms with Crippen LogP contribution in [-0.4, -0.2) is 60.6 Å². The van der Waals surface area contributed by atoms with Crippen molar-refractivity contribution >= 4 is 11.8 Å². The molecule has 1 aliphatic rings. The van der Waals surface area contributed by atoms with E-state index in [4.69, 9.17) is 4.74 Å². The minimum Gasteiger partial charge on any atom is -0.382 e. The lowest BCUT2D eigenvalue weighted by molar-refractivity contribution is -0.134. The first kappa shape index (κ1) is 18.4. The molecule has 0 unspecified atom stereocenters. The molecule has 0 aromatic carbocycles. The van der Waals surface area contributed by atoms with Gasteiger partial charge in [-0.2, -0.15) is 0 Å². The average Bonchev–Trinajstić information content (AvgIpc) is 2.59. The van der Waals surface area contributed by atoms with E-state index in [-0.39, 0.29) is 18.2 Å². The summed E-state index contributed by atoms with van der Waals surface area (Å²) < 4.78 is 5.24. The molecule has 0 saturated carbocycles. The van der Waals surface area contributed by atoms with Crippen LogP contribution >= 0.6 is 0 Å². The lowest BCUT2D eigenvalue weighted by Crippen LogP contribution is -2.56. The van der Waals surface area contributed by atoms with Crippen molar-refractivity contribution in [2.24, 2.45) is 0 Å². The molecule has 2 N–H and O–H groups in total. The van der Waals surface area contributed by atoms with Crippen molar-refractivity contribution in [2.45, 2.75) is 32.4 Å². The monoisotopic (exact) mass is 334 g/mol. The summed E-state index contributed by atoms with van der Waals surface area (Å²) in [6.07, 6.45) is 4.45. The quantitative estimate of drug-likeness (QED) is 0.635. The SMILES string of the molecule is CCOCCCNC(=O)C[C@@H]1C(=O)NCCN1Cc1cccnc1. The number of aromatic nitrogens is 1. The average molecular weight is 334 g/mol. The Balaban J connectivity index is 1.84. The Bertz CT molecular complexity index is 524. The molecule has 2 heterocycles. The van der Waals surface area contributed by atoms with Crippen LogP contribution in [0.15, 0.2) is 24.5 Å². The number of hydrogen-bond donors (Lipinski definition) is 2. The van der Waals surface area contributed by atoms with E-state index in [9.17, 15) is 9.59 Å². The van der Waals surface area contributed by atoms with E-state index in [1.807, 2.05) is 24.0 Å². The van der Waals surface area contributed by atoms with Crippen LogP contribution in [0.4, 0.5) is 0 Å². The third kappa shape index (κ3) is 5.90. The van der Waals surface area contributed by atoms with Gasteiger partial charge in [0.2, 0.25) is 11.8 Å². The molecule has 2 rings (SSSR count). The number of hydrogen-bond acceptors (Lipinski definition) is 5. The van der Waals surface area contributed by atoms with Gasteiger partial charge in [0.05, 0.1) is 12.5 Å². The molecule has 0 aliphatic carbocycles. The molecular formula is C17H26N4O3. The zero-order valence-electron chi connectivity index (χ0n) is 14.2. The first-order chi connectivity index (χ1) is 11.7. The predicted octanol–water partition coefficient (Wildman–Crippen LogP) is 0.315. The predicted molar refractivity (Wildman–Crippen MR) is 90.2 cm³/mol. The molecule has 132 valence electrons. The second kappa shape index (κ2) is 10.00. The summed E-state index contributed by atoms with van der Waals surface area (Å²) in [6.45, 7) is 5.76. The summed E-state index contributed by atoms with van der Waals surface area (Å²) in [7, 11) is 0. The molecule has 7 heteroatoms. The Morgan fingerprint density at radius 2 is 2.42 bits per heavy atom. The van der Waals surface area contributed by atoms with Gasteiger partial charge in [-0.25, -0.2) is 0 Å². The second-order valence-corrected chi connectivity index (χ2v) is 5.74. The van der Waals surface area contributed by atoms with Crippen LogP contribution in [0.2, 0.25) is 0 Å². The number of amides is 2. The normalized spacial score (nSPS) is 18.2. The zero-order chi connectivity index (χ0) is 17.2. The minimum atomic E-state index is -0.439. The molecule has 1 fully saturated rings. The van der Waals surface area contributed by atoms with Crippen molar-refractivity contribution in [2.75, 3.05) is 32.8 Å². The molecule has 2 amide bonds. The molecule has 0 bridgehead atoms. The van der Waals surface area contributed by atoms with Crippen molar-refractivity contribution < 1.29 is 14.3 Å². The maximum atomic E-state index is 12.2. The Hall–Kier alpha value is -1.99. The van der Waals surface area contributed by atoms with Crippen molar-refractivity contribution in [3.05, 3.63) is 30.1 Å². The maximum absolute atomic E-state index is 12.2. The summed E-state index contributed by atoms with van der Waals surface area (Å²) in [5.74, 6) is -0.195. The molecule has 1 aromatic rings. The van der Waals surface area contributed by atoms with Crippen LogP contribution < -0.4 is 10.6 Å². The third-order valence-electron chi connectivity index (χ3n) is 3.92. The van der Waals surface area contributed by atoms with Gasteiger partial charge in [-0.05, 0) is 25.0 Å². The molecular weight excluding hydrogens is 308 g/mol. The number of pyridine rings is 1. The van der Waals surface area contributed by atoms with Gasteiger partial charge in [0, 0.05) is 51.8 Å². The first-order valence-corrected chi connectivity index (χ1v) is 8.45. The highest BCUT2D eigenvalue weighted by atomic mass is 16.5. The lowest BCUT2D eigenvalue weighted by Gasteiger charge is -2.34. The topological polar surface area (TPSA) is 83.6 Å². The van der Waals surface area contributed by atoms with Crippen LogP contribution in [0.5, 0.6) is 0 Å². The fourth-order valence-electron chi connectivity index (χ4n) is 2.69. The number of piperazine rings is 1. The van der Waals surface area contributed by atoms with Crippen molar-refractivity contribution in [1.82, 2.24) is 20.5 Å². The smallest absolute Gasteiger partial charge is 0.237 e. The third-order valence-corrected chi connectivity index (χ3v) is 3.92. The standard InChI is InChI=1S/C17H26N4O3/c1-2-24-10-4-7-19-16(22)11-15-17(23)20-8-9-21(15)13-14-5-3-6-18-12-14/h3,5-6,12,15H,2,4,7-11,13H2,1H3,(H,19,22)(H,20,23)/t15-/m1/s1. The van der Waals surface area contributed by atoms with Gasteiger partial charge >= 0.3 is 0 Å². The Kier molecular flexibility index (Phi) is 7.64. The van der Waals surface area contributed by atoms with Gasteiger partial charge in [-0.1, -0.05) is 6.07 Å². The number of ether oxygens (including phenoxy) is 1. The fourth-order valence-corrected chi connectivity index (χ4v) is 2.69. The van der Waals surface area contributed by atoms with Gasteiger partial charge < -0.3 is 15.4 Å². The van der Waals surface area contributed by atoms with Gasteiger partial charge in [0.1, 0.15) is 0 Å². The van der Waals surface area contributed by atoms with E-state index < -0.39 is 6.04 Å². The number of nitrogens with one attached hydrogen (secondary N) is 2. The van der Waals surface area contributed by atoms with Crippen LogP contribution in [0.1, 0.15) is 25.3 Å². The van der Waals surface area contributed by atoms with Crippen molar-refractivity contribution in [3.8, 4) is 0 Å². The van der Waals surface area contributed by atoms with Gasteiger partial charge in [-0.15, -0.1) is 0 Å². The van der Waals surface area contributed by atoms with Crippen LogP contribution in [0.25, 0.3) is 0 Å². The van der Waals surface area contributed by atoms with Crippen LogP contribution in [0, 0.1) is 0 Å². The van der Waals surface area contributed by atoms with Gasteiger partial charge in [0.15, 0.2) is 0 Å². The summed E-state index contributed by atoms with van der Waals surface area (Å²) in [5.41, 5.74) is 1.04. The van der Waals surface area contributed by atoms with Gasteiger partial charge in [0.25, 0.3) is 0 Å². The van der Waals surface area contributed by atoms with E-state index in [2.05, 4.69) is 15.6 Å². The number of carbonyl (C=O) groups is 2. The summed E-state index contributed by atoms with van der Waals surface area (Å²) in [4.78, 5) is 30.4. The molecule has 0 spiro atoms. The number of nitrogens with zero attached hydrogens (tertiary/aromatic N) is 2. The molecule has 1 atom stereocenters. The maximum Gasteiger partial charge on any atom is 0.237 e. The summed E-state index contributed by atoms with van der Waals surface area (Å²) in [5, 5.41) is 5.70. The van der Waals surface area contributed by atoms with E-state index >= 15 is 0 Å². The molecule has 0 radical (unpaired) electrons. The second-order valence-electron chi connectivity index (χ2n) is 5.74. The van der Waals surface area contributed by atoms with E-state index in [0.717, 1.165) is 18.5 Å². The van der Waals surface area contributed by atoms with E-state index in [0.29, 0.717) is 32.8 Å². The van der Waals surface area contributed by atoms with E-state index in [1.54, 1.807) is 12.4 Å². The lowest BCUT2D eigenvalue weighted by atomic mass is 10.1. The number of rotatable bonds is 9.